The average Bonchev–Trinajstić information content (AvgIpc) is 2.67. The minimum atomic E-state index is -0.0666. The summed E-state index contributed by atoms with van der Waals surface area (Å²) in [4.78, 5) is 12.4. The first-order chi connectivity index (χ1) is 14.2. The van der Waals surface area contributed by atoms with E-state index < -0.39 is 0 Å². The Bertz CT molecular complexity index is 805. The van der Waals surface area contributed by atoms with Crippen LogP contribution in [0.15, 0.2) is 48.1 Å². The zero-order valence-electron chi connectivity index (χ0n) is 19.5. The molecule has 1 N–H and O–H groups in total. The third-order valence-corrected chi connectivity index (χ3v) is 7.88. The number of carbonyl (C=O) groups excluding carboxylic acids is 1. The lowest BCUT2D eigenvalue weighted by Gasteiger charge is -2.58. The van der Waals surface area contributed by atoms with Crippen molar-refractivity contribution in [2.45, 2.75) is 72.6 Å². The summed E-state index contributed by atoms with van der Waals surface area (Å²) in [5.74, 6) is 2.05. The van der Waals surface area contributed by atoms with Gasteiger partial charge >= 0.3 is 0 Å². The zero-order chi connectivity index (χ0) is 21.9. The molecule has 3 atom stereocenters. The van der Waals surface area contributed by atoms with Crippen LogP contribution in [0.3, 0.4) is 0 Å². The summed E-state index contributed by atoms with van der Waals surface area (Å²) in [5.41, 5.74) is 4.12. The Balaban J connectivity index is 1.62. The number of allylic oxidation sites excluding steroid dienone is 2. The minimum Gasteiger partial charge on any atom is -0.497 e. The molecule has 3 nitrogen and oxygen atoms in total. The molecule has 1 amide bonds. The second-order valence-corrected chi connectivity index (χ2v) is 10.4. The quantitative estimate of drug-likeness (QED) is 0.400. The fourth-order valence-corrected chi connectivity index (χ4v) is 6.33. The zero-order valence-corrected chi connectivity index (χ0v) is 19.5. The standard InChI is InChI=1S/C27H39NO2/c1-19(18-25(29)28-21-10-12-22(30-6)13-11-21)8-14-23-20(2)9-15-24-26(3,4)16-7-17-27(23,24)5/h10-13,18,23-24H,2,7-9,14-17H2,1,3-6H3,(H,28,29)/b19-18+/t23-,24-,27+/m1/s1. The van der Waals surface area contributed by atoms with Crippen molar-refractivity contribution in [2.24, 2.45) is 22.7 Å². The molecule has 2 saturated carbocycles. The number of hydrogen-bond donors (Lipinski definition) is 1. The van der Waals surface area contributed by atoms with Crippen molar-refractivity contribution >= 4 is 11.6 Å². The number of ether oxygens (including phenoxy) is 1. The molecule has 3 heteroatoms. The van der Waals surface area contributed by atoms with Crippen molar-refractivity contribution in [3.63, 3.8) is 0 Å². The van der Waals surface area contributed by atoms with Crippen molar-refractivity contribution in [1.29, 1.82) is 0 Å². The summed E-state index contributed by atoms with van der Waals surface area (Å²) in [5, 5.41) is 2.95. The SMILES string of the molecule is C=C1CC[C@@H]2C(C)(C)CCC[C@@]2(C)[C@@H]1CC/C(C)=C/C(=O)Nc1ccc(OC)cc1. The predicted molar refractivity (Wildman–Crippen MR) is 126 cm³/mol. The van der Waals surface area contributed by atoms with Crippen LogP contribution in [0.25, 0.3) is 0 Å². The van der Waals surface area contributed by atoms with E-state index in [-0.39, 0.29) is 5.91 Å². The Morgan fingerprint density at radius 1 is 1.23 bits per heavy atom. The first-order valence-corrected chi connectivity index (χ1v) is 11.5. The number of methoxy groups -OCH3 is 1. The fraction of sp³-hybridized carbons (Fsp3) is 0.593. The lowest BCUT2D eigenvalue weighted by Crippen LogP contribution is -2.49. The van der Waals surface area contributed by atoms with Crippen LogP contribution in [0.4, 0.5) is 5.69 Å². The highest BCUT2D eigenvalue weighted by Crippen LogP contribution is 2.61. The van der Waals surface area contributed by atoms with Crippen LogP contribution in [0.2, 0.25) is 0 Å². The first kappa shape index (κ1) is 22.7. The second-order valence-electron chi connectivity index (χ2n) is 10.4. The number of nitrogens with one attached hydrogen (secondary N) is 1. The third kappa shape index (κ3) is 4.82. The van der Waals surface area contributed by atoms with Crippen LogP contribution in [0, 0.1) is 22.7 Å². The highest BCUT2D eigenvalue weighted by atomic mass is 16.5. The van der Waals surface area contributed by atoms with E-state index in [0.29, 0.717) is 16.7 Å². The highest BCUT2D eigenvalue weighted by molar-refractivity contribution is 5.99. The van der Waals surface area contributed by atoms with Gasteiger partial charge in [-0.15, -0.1) is 0 Å². The van der Waals surface area contributed by atoms with E-state index in [1.807, 2.05) is 24.3 Å². The smallest absolute Gasteiger partial charge is 0.248 e. The van der Waals surface area contributed by atoms with Gasteiger partial charge in [0, 0.05) is 11.8 Å². The molecule has 0 radical (unpaired) electrons. The van der Waals surface area contributed by atoms with Crippen molar-refractivity contribution < 1.29 is 9.53 Å². The maximum absolute atomic E-state index is 12.4. The number of carbonyl (C=O) groups is 1. The van der Waals surface area contributed by atoms with Crippen LogP contribution in [0.1, 0.15) is 72.6 Å². The van der Waals surface area contributed by atoms with Gasteiger partial charge in [-0.1, -0.05) is 44.9 Å². The molecule has 0 unspecified atom stereocenters. The van der Waals surface area contributed by atoms with Crippen molar-refractivity contribution in [3.8, 4) is 5.75 Å². The van der Waals surface area contributed by atoms with Gasteiger partial charge in [0.05, 0.1) is 7.11 Å². The molecule has 164 valence electrons. The summed E-state index contributed by atoms with van der Waals surface area (Å²) >= 11 is 0. The van der Waals surface area contributed by atoms with Gasteiger partial charge in [-0.2, -0.15) is 0 Å². The lowest BCUT2D eigenvalue weighted by atomic mass is 9.47. The number of anilines is 1. The van der Waals surface area contributed by atoms with Crippen LogP contribution in [-0.4, -0.2) is 13.0 Å². The Morgan fingerprint density at radius 2 is 1.93 bits per heavy atom. The van der Waals surface area contributed by atoms with Gasteiger partial charge in [0.25, 0.3) is 0 Å². The summed E-state index contributed by atoms with van der Waals surface area (Å²) in [6.45, 7) is 14.0. The monoisotopic (exact) mass is 409 g/mol. The Morgan fingerprint density at radius 3 is 2.60 bits per heavy atom. The fourth-order valence-electron chi connectivity index (χ4n) is 6.33. The molecule has 2 aliphatic carbocycles. The van der Waals surface area contributed by atoms with E-state index in [9.17, 15) is 4.79 Å². The largest absolute Gasteiger partial charge is 0.497 e. The van der Waals surface area contributed by atoms with E-state index in [1.54, 1.807) is 13.2 Å². The summed E-state index contributed by atoms with van der Waals surface area (Å²) in [6, 6.07) is 7.42. The van der Waals surface area contributed by atoms with E-state index in [0.717, 1.165) is 42.2 Å². The normalized spacial score (nSPS) is 28.6. The van der Waals surface area contributed by atoms with Gasteiger partial charge in [0.15, 0.2) is 0 Å². The number of fused-ring (bicyclic) bond motifs is 1. The van der Waals surface area contributed by atoms with Gasteiger partial charge < -0.3 is 10.1 Å². The lowest BCUT2D eigenvalue weighted by molar-refractivity contribution is -0.112. The molecule has 30 heavy (non-hydrogen) atoms. The third-order valence-electron chi connectivity index (χ3n) is 7.88. The molecule has 0 saturated heterocycles. The molecule has 1 aromatic rings. The molecule has 0 heterocycles. The number of hydrogen-bond acceptors (Lipinski definition) is 2. The maximum Gasteiger partial charge on any atom is 0.248 e. The second kappa shape index (κ2) is 8.99. The van der Waals surface area contributed by atoms with E-state index >= 15 is 0 Å². The van der Waals surface area contributed by atoms with Gasteiger partial charge in [0.1, 0.15) is 5.75 Å². The molecule has 1 aromatic carbocycles. The predicted octanol–water partition coefficient (Wildman–Crippen LogP) is 7.16. The molecule has 2 aliphatic rings. The summed E-state index contributed by atoms with van der Waals surface area (Å²) < 4.78 is 5.16. The van der Waals surface area contributed by atoms with Gasteiger partial charge in [-0.3, -0.25) is 4.79 Å². The van der Waals surface area contributed by atoms with Crippen molar-refractivity contribution in [1.82, 2.24) is 0 Å². The van der Waals surface area contributed by atoms with Gasteiger partial charge in [-0.05, 0) is 92.4 Å². The van der Waals surface area contributed by atoms with E-state index in [2.05, 4.69) is 39.6 Å². The minimum absolute atomic E-state index is 0.0666. The molecule has 0 aromatic heterocycles. The molecular weight excluding hydrogens is 370 g/mol. The van der Waals surface area contributed by atoms with Crippen LogP contribution in [0.5, 0.6) is 5.75 Å². The summed E-state index contributed by atoms with van der Waals surface area (Å²) in [7, 11) is 1.64. The number of rotatable bonds is 6. The van der Waals surface area contributed by atoms with Crippen molar-refractivity contribution in [2.75, 3.05) is 12.4 Å². The number of amides is 1. The average molecular weight is 410 g/mol. The molecular formula is C27H39NO2. The topological polar surface area (TPSA) is 38.3 Å². The molecule has 0 spiro atoms. The highest BCUT2D eigenvalue weighted by Gasteiger charge is 2.52. The molecule has 3 rings (SSSR count). The van der Waals surface area contributed by atoms with Crippen LogP contribution < -0.4 is 10.1 Å². The Hall–Kier alpha value is -2.03. The molecule has 2 fully saturated rings. The van der Waals surface area contributed by atoms with Gasteiger partial charge in [-0.25, -0.2) is 0 Å². The van der Waals surface area contributed by atoms with E-state index in [1.165, 1.54) is 31.3 Å². The first-order valence-electron chi connectivity index (χ1n) is 11.5. The van der Waals surface area contributed by atoms with Crippen molar-refractivity contribution in [3.05, 3.63) is 48.1 Å². The Labute approximate surface area is 183 Å². The summed E-state index contributed by atoms with van der Waals surface area (Å²) in [6.07, 6.45) is 10.2. The Kier molecular flexibility index (Phi) is 6.79. The molecule has 0 aliphatic heterocycles. The van der Waals surface area contributed by atoms with Crippen LogP contribution in [-0.2, 0) is 4.79 Å². The van der Waals surface area contributed by atoms with Gasteiger partial charge in [0.2, 0.25) is 5.91 Å². The molecule has 0 bridgehead atoms. The van der Waals surface area contributed by atoms with E-state index in [4.69, 9.17) is 4.74 Å². The number of benzene rings is 1. The van der Waals surface area contributed by atoms with Crippen LogP contribution >= 0.6 is 0 Å². The maximum atomic E-state index is 12.4.